The molecule has 1 amide bonds. The molecule has 0 spiro atoms. The smallest absolute Gasteiger partial charge is 0.235 e. The van der Waals surface area contributed by atoms with Crippen molar-refractivity contribution in [3.05, 3.63) is 0 Å². The van der Waals surface area contributed by atoms with Crippen molar-refractivity contribution < 1.29 is 4.79 Å². The van der Waals surface area contributed by atoms with Crippen LogP contribution in [0.2, 0.25) is 0 Å². The van der Waals surface area contributed by atoms with E-state index in [1.165, 1.54) is 12.8 Å². The maximum Gasteiger partial charge on any atom is 0.235 e. The van der Waals surface area contributed by atoms with E-state index in [1.54, 1.807) is 11.8 Å². The maximum absolute atomic E-state index is 11.0. The molecule has 0 radical (unpaired) electrons. The van der Waals surface area contributed by atoms with Crippen molar-refractivity contribution in [1.82, 2.24) is 5.32 Å². The lowest BCUT2D eigenvalue weighted by Gasteiger charge is -2.15. The fourth-order valence-electron chi connectivity index (χ4n) is 1.04. The second-order valence-electron chi connectivity index (χ2n) is 3.78. The van der Waals surface area contributed by atoms with Gasteiger partial charge in [-0.3, -0.25) is 4.79 Å². The molecule has 1 rings (SSSR count). The third kappa shape index (κ3) is 4.52. The summed E-state index contributed by atoms with van der Waals surface area (Å²) in [5.74, 6) is 0.573. The highest BCUT2D eigenvalue weighted by molar-refractivity contribution is 7.99. The molecule has 1 fully saturated rings. The molecule has 4 heteroatoms. The van der Waals surface area contributed by atoms with Gasteiger partial charge in [0.2, 0.25) is 5.91 Å². The molecule has 13 heavy (non-hydrogen) atoms. The Morgan fingerprint density at radius 1 is 1.62 bits per heavy atom. The SMILES string of the molecule is CC(C)SCC(NC1CC1)C(N)=O. The van der Waals surface area contributed by atoms with Gasteiger partial charge in [-0.1, -0.05) is 13.8 Å². The van der Waals surface area contributed by atoms with Crippen LogP contribution in [-0.4, -0.2) is 29.0 Å². The van der Waals surface area contributed by atoms with Crippen molar-refractivity contribution in [3.8, 4) is 0 Å². The molecule has 3 nitrogen and oxygen atoms in total. The van der Waals surface area contributed by atoms with Crippen LogP contribution in [0.25, 0.3) is 0 Å². The van der Waals surface area contributed by atoms with Gasteiger partial charge in [0.15, 0.2) is 0 Å². The first-order chi connectivity index (χ1) is 6.09. The van der Waals surface area contributed by atoms with E-state index in [1.807, 2.05) is 0 Å². The lowest BCUT2D eigenvalue weighted by molar-refractivity contribution is -0.119. The zero-order valence-corrected chi connectivity index (χ0v) is 9.06. The Balaban J connectivity index is 2.24. The van der Waals surface area contributed by atoms with Crippen LogP contribution in [-0.2, 0) is 4.79 Å². The highest BCUT2D eigenvalue weighted by Gasteiger charge is 2.27. The number of amides is 1. The average molecular weight is 202 g/mol. The first-order valence-electron chi connectivity index (χ1n) is 4.76. The van der Waals surface area contributed by atoms with E-state index in [0.717, 1.165) is 5.75 Å². The highest BCUT2D eigenvalue weighted by Crippen LogP contribution is 2.20. The molecule has 1 unspecified atom stereocenters. The predicted octanol–water partition coefficient (Wildman–Crippen LogP) is 0.734. The summed E-state index contributed by atoms with van der Waals surface area (Å²) in [5, 5.41) is 3.81. The molecule has 1 aliphatic rings. The molecule has 1 saturated carbocycles. The third-order valence-corrected chi connectivity index (χ3v) is 3.15. The lowest BCUT2D eigenvalue weighted by atomic mass is 10.3. The van der Waals surface area contributed by atoms with E-state index < -0.39 is 0 Å². The van der Waals surface area contributed by atoms with Crippen LogP contribution >= 0.6 is 11.8 Å². The second kappa shape index (κ2) is 4.86. The fourth-order valence-corrected chi connectivity index (χ4v) is 1.87. The van der Waals surface area contributed by atoms with E-state index in [9.17, 15) is 4.79 Å². The molecule has 0 aromatic rings. The number of primary amides is 1. The Morgan fingerprint density at radius 2 is 2.23 bits per heavy atom. The standard InChI is InChI=1S/C9H18N2OS/c1-6(2)13-5-8(9(10)12)11-7-3-4-7/h6-8,11H,3-5H2,1-2H3,(H2,10,12). The van der Waals surface area contributed by atoms with Crippen LogP contribution in [0.1, 0.15) is 26.7 Å². The molecule has 0 heterocycles. The number of carbonyl (C=O) groups excluding carboxylic acids is 1. The molecule has 0 bridgehead atoms. The van der Waals surface area contributed by atoms with Crippen molar-refractivity contribution in [2.45, 2.75) is 44.0 Å². The van der Waals surface area contributed by atoms with E-state index in [4.69, 9.17) is 5.73 Å². The summed E-state index contributed by atoms with van der Waals surface area (Å²) in [6, 6.07) is 0.408. The summed E-state index contributed by atoms with van der Waals surface area (Å²) in [4.78, 5) is 11.0. The number of nitrogens with two attached hydrogens (primary N) is 1. The van der Waals surface area contributed by atoms with Gasteiger partial charge < -0.3 is 11.1 Å². The number of carbonyl (C=O) groups is 1. The van der Waals surface area contributed by atoms with Crippen molar-refractivity contribution in [2.24, 2.45) is 5.73 Å². The Morgan fingerprint density at radius 3 is 2.62 bits per heavy atom. The zero-order chi connectivity index (χ0) is 9.84. The van der Waals surface area contributed by atoms with Gasteiger partial charge in [0, 0.05) is 11.8 Å². The van der Waals surface area contributed by atoms with Gasteiger partial charge in [-0.25, -0.2) is 0 Å². The third-order valence-electron chi connectivity index (χ3n) is 1.95. The number of rotatable bonds is 6. The van der Waals surface area contributed by atoms with Gasteiger partial charge >= 0.3 is 0 Å². The van der Waals surface area contributed by atoms with Gasteiger partial charge in [0.05, 0.1) is 6.04 Å². The van der Waals surface area contributed by atoms with Crippen molar-refractivity contribution in [3.63, 3.8) is 0 Å². The summed E-state index contributed by atoms with van der Waals surface area (Å²) in [6.45, 7) is 4.25. The Kier molecular flexibility index (Phi) is 4.06. The summed E-state index contributed by atoms with van der Waals surface area (Å²) in [6.07, 6.45) is 2.38. The lowest BCUT2D eigenvalue weighted by Crippen LogP contribution is -2.44. The molecule has 0 aromatic carbocycles. The van der Waals surface area contributed by atoms with Crippen LogP contribution in [0.5, 0.6) is 0 Å². The van der Waals surface area contributed by atoms with E-state index in [-0.39, 0.29) is 11.9 Å². The molecule has 1 atom stereocenters. The van der Waals surface area contributed by atoms with Crippen molar-refractivity contribution in [2.75, 3.05) is 5.75 Å². The number of thioether (sulfide) groups is 1. The molecule has 0 aliphatic heterocycles. The topological polar surface area (TPSA) is 55.1 Å². The molecule has 0 saturated heterocycles. The Labute approximate surface area is 83.8 Å². The Bertz CT molecular complexity index is 180. The van der Waals surface area contributed by atoms with Crippen molar-refractivity contribution >= 4 is 17.7 Å². The summed E-state index contributed by atoms with van der Waals surface area (Å²) in [5.41, 5.74) is 5.28. The number of nitrogens with one attached hydrogen (secondary N) is 1. The van der Waals surface area contributed by atoms with Gasteiger partial charge in [0.25, 0.3) is 0 Å². The number of hydrogen-bond acceptors (Lipinski definition) is 3. The Hall–Kier alpha value is -0.220. The van der Waals surface area contributed by atoms with E-state index >= 15 is 0 Å². The zero-order valence-electron chi connectivity index (χ0n) is 8.25. The number of hydrogen-bond donors (Lipinski definition) is 2. The largest absolute Gasteiger partial charge is 0.368 e. The van der Waals surface area contributed by atoms with Gasteiger partial charge in [-0.2, -0.15) is 11.8 Å². The van der Waals surface area contributed by atoms with Crippen LogP contribution < -0.4 is 11.1 Å². The minimum atomic E-state index is -0.222. The minimum absolute atomic E-state index is 0.139. The van der Waals surface area contributed by atoms with Gasteiger partial charge in [-0.15, -0.1) is 0 Å². The minimum Gasteiger partial charge on any atom is -0.368 e. The quantitative estimate of drug-likeness (QED) is 0.668. The van der Waals surface area contributed by atoms with Crippen LogP contribution in [0.4, 0.5) is 0 Å². The summed E-state index contributed by atoms with van der Waals surface area (Å²) < 4.78 is 0. The first kappa shape index (κ1) is 10.9. The van der Waals surface area contributed by atoms with Gasteiger partial charge in [0.1, 0.15) is 0 Å². The molecular formula is C9H18N2OS. The molecule has 3 N–H and O–H groups in total. The van der Waals surface area contributed by atoms with E-state index in [2.05, 4.69) is 19.2 Å². The maximum atomic E-state index is 11.0. The summed E-state index contributed by atoms with van der Waals surface area (Å²) >= 11 is 1.77. The predicted molar refractivity (Wildman–Crippen MR) is 56.7 cm³/mol. The average Bonchev–Trinajstić information content (AvgIpc) is 2.80. The van der Waals surface area contributed by atoms with Gasteiger partial charge in [-0.05, 0) is 18.1 Å². The monoisotopic (exact) mass is 202 g/mol. The summed E-state index contributed by atoms with van der Waals surface area (Å²) in [7, 11) is 0. The van der Waals surface area contributed by atoms with Crippen molar-refractivity contribution in [1.29, 1.82) is 0 Å². The fraction of sp³-hybridized carbons (Fsp3) is 0.889. The molecule has 0 aromatic heterocycles. The normalized spacial score (nSPS) is 19.0. The second-order valence-corrected chi connectivity index (χ2v) is 5.39. The van der Waals surface area contributed by atoms with Crippen LogP contribution in [0, 0.1) is 0 Å². The van der Waals surface area contributed by atoms with Crippen LogP contribution in [0.15, 0.2) is 0 Å². The molecule has 1 aliphatic carbocycles. The first-order valence-corrected chi connectivity index (χ1v) is 5.81. The molecular weight excluding hydrogens is 184 g/mol. The van der Waals surface area contributed by atoms with Crippen LogP contribution in [0.3, 0.4) is 0 Å². The van der Waals surface area contributed by atoms with E-state index in [0.29, 0.717) is 11.3 Å². The molecule has 76 valence electrons. The highest BCUT2D eigenvalue weighted by atomic mass is 32.2.